The minimum Gasteiger partial charge on any atom is -0.437 e. The first-order chi connectivity index (χ1) is 16.5. The standard InChI is InChI=1S/C26H32ClN3O4/c1-4-15-33-19-21(31)17-30(14-16-32-3)18-22-25(20-10-6-5-7-11-20)28-29(2)26(22)34-24-13-9-8-12-23(24)27/h4-13,21,31H,1,14-19H2,2-3H3/t21-/m1/s1. The third kappa shape index (κ3) is 7.16. The summed E-state index contributed by atoms with van der Waals surface area (Å²) in [6, 6.07) is 17.3. The second kappa shape index (κ2) is 13.3. The number of methoxy groups -OCH3 is 1. The van der Waals surface area contributed by atoms with E-state index < -0.39 is 6.10 Å². The fraction of sp³-hybridized carbons (Fsp3) is 0.346. The van der Waals surface area contributed by atoms with Gasteiger partial charge in [0.2, 0.25) is 5.88 Å². The van der Waals surface area contributed by atoms with E-state index in [1.807, 2.05) is 55.6 Å². The van der Waals surface area contributed by atoms with Gasteiger partial charge in [-0.2, -0.15) is 5.10 Å². The molecule has 0 saturated heterocycles. The molecule has 0 radical (unpaired) electrons. The summed E-state index contributed by atoms with van der Waals surface area (Å²) in [7, 11) is 3.51. The molecule has 0 fully saturated rings. The predicted octanol–water partition coefficient (Wildman–Crippen LogP) is 4.54. The number of aliphatic hydroxyl groups is 1. The van der Waals surface area contributed by atoms with Gasteiger partial charge >= 0.3 is 0 Å². The molecule has 1 heterocycles. The van der Waals surface area contributed by atoms with E-state index >= 15 is 0 Å². The lowest BCUT2D eigenvalue weighted by atomic mass is 10.1. The maximum atomic E-state index is 10.5. The molecule has 1 N–H and O–H groups in total. The first-order valence-corrected chi connectivity index (χ1v) is 11.5. The van der Waals surface area contributed by atoms with Crippen molar-refractivity contribution >= 4 is 11.6 Å². The van der Waals surface area contributed by atoms with Gasteiger partial charge in [-0.1, -0.05) is 60.1 Å². The number of ether oxygens (including phenoxy) is 3. The number of rotatable bonds is 14. The van der Waals surface area contributed by atoms with Crippen molar-refractivity contribution in [2.75, 3.05) is 40.0 Å². The monoisotopic (exact) mass is 485 g/mol. The molecule has 0 aliphatic carbocycles. The first kappa shape index (κ1) is 25.9. The van der Waals surface area contributed by atoms with Crippen molar-refractivity contribution in [2.24, 2.45) is 7.05 Å². The zero-order valence-corrected chi connectivity index (χ0v) is 20.4. The summed E-state index contributed by atoms with van der Waals surface area (Å²) in [5.74, 6) is 1.14. The van der Waals surface area contributed by atoms with Crippen molar-refractivity contribution in [1.82, 2.24) is 14.7 Å². The number of benzene rings is 2. The lowest BCUT2D eigenvalue weighted by Crippen LogP contribution is -2.36. The first-order valence-electron chi connectivity index (χ1n) is 11.1. The molecule has 0 saturated carbocycles. The van der Waals surface area contributed by atoms with E-state index in [0.29, 0.717) is 49.5 Å². The summed E-state index contributed by atoms with van der Waals surface area (Å²) >= 11 is 6.37. The molecule has 0 aliphatic heterocycles. The van der Waals surface area contributed by atoms with Crippen LogP contribution in [0.15, 0.2) is 67.3 Å². The highest BCUT2D eigenvalue weighted by Gasteiger charge is 2.24. The van der Waals surface area contributed by atoms with Crippen molar-refractivity contribution in [1.29, 1.82) is 0 Å². The molecule has 0 aliphatic rings. The summed E-state index contributed by atoms with van der Waals surface area (Å²) in [4.78, 5) is 2.11. The van der Waals surface area contributed by atoms with Crippen molar-refractivity contribution in [3.63, 3.8) is 0 Å². The maximum absolute atomic E-state index is 10.5. The molecule has 7 nitrogen and oxygen atoms in total. The number of aryl methyl sites for hydroxylation is 1. The summed E-state index contributed by atoms with van der Waals surface area (Å²) in [5.41, 5.74) is 2.68. The average molecular weight is 486 g/mol. The van der Waals surface area contributed by atoms with Gasteiger partial charge in [0.25, 0.3) is 0 Å². The van der Waals surface area contributed by atoms with Gasteiger partial charge in [0.15, 0.2) is 0 Å². The van der Waals surface area contributed by atoms with Crippen LogP contribution in [0.2, 0.25) is 5.02 Å². The molecule has 1 aromatic heterocycles. The zero-order chi connectivity index (χ0) is 24.3. The van der Waals surface area contributed by atoms with Gasteiger partial charge in [-0.3, -0.25) is 4.90 Å². The maximum Gasteiger partial charge on any atom is 0.222 e. The number of hydrogen-bond donors (Lipinski definition) is 1. The highest BCUT2D eigenvalue weighted by Crippen LogP contribution is 2.36. The average Bonchev–Trinajstić information content (AvgIpc) is 3.14. The number of hydrogen-bond acceptors (Lipinski definition) is 6. The molecule has 182 valence electrons. The van der Waals surface area contributed by atoms with Crippen LogP contribution in [-0.4, -0.2) is 65.9 Å². The Morgan fingerprint density at radius 2 is 1.91 bits per heavy atom. The molecule has 2 aromatic carbocycles. The lowest BCUT2D eigenvalue weighted by molar-refractivity contribution is 0.0193. The number of aromatic nitrogens is 2. The Hall–Kier alpha value is -2.68. The molecule has 34 heavy (non-hydrogen) atoms. The van der Waals surface area contributed by atoms with Crippen molar-refractivity contribution in [3.05, 3.63) is 77.8 Å². The Labute approximate surface area is 206 Å². The van der Waals surface area contributed by atoms with Crippen molar-refractivity contribution in [2.45, 2.75) is 12.6 Å². The van der Waals surface area contributed by atoms with Crippen LogP contribution in [0.1, 0.15) is 5.56 Å². The van der Waals surface area contributed by atoms with Gasteiger partial charge in [0.05, 0.1) is 36.5 Å². The molecule has 3 rings (SSSR count). The normalized spacial score (nSPS) is 12.1. The fourth-order valence-electron chi connectivity index (χ4n) is 3.60. The number of nitrogens with zero attached hydrogens (tertiary/aromatic N) is 3. The van der Waals surface area contributed by atoms with E-state index in [1.165, 1.54) is 0 Å². The van der Waals surface area contributed by atoms with Gasteiger partial charge < -0.3 is 19.3 Å². The van der Waals surface area contributed by atoms with Crippen LogP contribution in [0.25, 0.3) is 11.3 Å². The molecule has 0 unspecified atom stereocenters. The smallest absolute Gasteiger partial charge is 0.222 e. The summed E-state index contributed by atoms with van der Waals surface area (Å²) in [6.45, 7) is 6.27. The largest absolute Gasteiger partial charge is 0.437 e. The number of halogens is 1. The molecular weight excluding hydrogens is 454 g/mol. The van der Waals surface area contributed by atoms with Crippen LogP contribution in [-0.2, 0) is 23.1 Å². The van der Waals surface area contributed by atoms with Gasteiger partial charge in [-0.05, 0) is 12.1 Å². The summed E-state index contributed by atoms with van der Waals surface area (Å²) in [6.07, 6.45) is 0.997. The fourth-order valence-corrected chi connectivity index (χ4v) is 3.77. The van der Waals surface area contributed by atoms with Crippen LogP contribution >= 0.6 is 11.6 Å². The highest BCUT2D eigenvalue weighted by atomic mass is 35.5. The van der Waals surface area contributed by atoms with Crippen LogP contribution < -0.4 is 4.74 Å². The molecule has 0 amide bonds. The van der Waals surface area contributed by atoms with E-state index in [9.17, 15) is 5.11 Å². The quantitative estimate of drug-likeness (QED) is 0.267. The van der Waals surface area contributed by atoms with Gasteiger partial charge in [-0.25, -0.2) is 4.68 Å². The SMILES string of the molecule is C=CCOC[C@H](O)CN(CCOC)Cc1c(-c2ccccc2)nn(C)c1Oc1ccccc1Cl. The molecular formula is C26H32ClN3O4. The second-order valence-electron chi connectivity index (χ2n) is 7.86. The van der Waals surface area contributed by atoms with Gasteiger partial charge in [-0.15, -0.1) is 6.58 Å². The lowest BCUT2D eigenvalue weighted by Gasteiger charge is -2.25. The Balaban J connectivity index is 1.94. The van der Waals surface area contributed by atoms with E-state index in [2.05, 4.69) is 11.5 Å². The zero-order valence-electron chi connectivity index (χ0n) is 19.7. The Morgan fingerprint density at radius 3 is 2.62 bits per heavy atom. The van der Waals surface area contributed by atoms with E-state index in [1.54, 1.807) is 23.9 Å². The van der Waals surface area contributed by atoms with Crippen LogP contribution in [0.4, 0.5) is 0 Å². The van der Waals surface area contributed by atoms with Gasteiger partial charge in [0.1, 0.15) is 11.4 Å². The van der Waals surface area contributed by atoms with Crippen molar-refractivity contribution < 1.29 is 19.3 Å². The Kier molecular flexibility index (Phi) is 10.1. The minimum absolute atomic E-state index is 0.219. The van der Waals surface area contributed by atoms with Crippen LogP contribution in [0, 0.1) is 0 Å². The number of aliphatic hydroxyl groups excluding tert-OH is 1. The predicted molar refractivity (Wildman–Crippen MR) is 134 cm³/mol. The highest BCUT2D eigenvalue weighted by molar-refractivity contribution is 6.32. The molecule has 8 heteroatoms. The van der Waals surface area contributed by atoms with E-state index in [-0.39, 0.29) is 6.61 Å². The Morgan fingerprint density at radius 1 is 1.18 bits per heavy atom. The van der Waals surface area contributed by atoms with Crippen LogP contribution in [0.5, 0.6) is 11.6 Å². The molecule has 3 aromatic rings. The summed E-state index contributed by atoms with van der Waals surface area (Å²) < 4.78 is 18.7. The third-order valence-electron chi connectivity index (χ3n) is 5.19. The molecule has 1 atom stereocenters. The topological polar surface area (TPSA) is 69.0 Å². The second-order valence-corrected chi connectivity index (χ2v) is 8.27. The number of para-hydroxylation sites is 1. The van der Waals surface area contributed by atoms with E-state index in [4.69, 9.17) is 30.9 Å². The van der Waals surface area contributed by atoms with Crippen molar-refractivity contribution in [3.8, 4) is 22.9 Å². The summed E-state index contributed by atoms with van der Waals surface area (Å²) in [5, 5.41) is 15.8. The third-order valence-corrected chi connectivity index (χ3v) is 5.50. The van der Waals surface area contributed by atoms with Gasteiger partial charge in [0, 0.05) is 39.4 Å². The van der Waals surface area contributed by atoms with Crippen LogP contribution in [0.3, 0.4) is 0 Å². The van der Waals surface area contributed by atoms with E-state index in [0.717, 1.165) is 16.8 Å². The minimum atomic E-state index is -0.665. The molecule has 0 bridgehead atoms. The molecule has 0 spiro atoms. The Bertz CT molecular complexity index is 1040.